The molecule has 0 N–H and O–H groups in total. The number of nitrogens with zero attached hydrogens (tertiary/aromatic N) is 1. The van der Waals surface area contributed by atoms with Crippen LogP contribution in [-0.4, -0.2) is 55.8 Å². The normalized spacial score (nSPS) is 17.0. The maximum absolute atomic E-state index is 12.2. The Morgan fingerprint density at radius 3 is 1.67 bits per heavy atom. The van der Waals surface area contributed by atoms with Crippen molar-refractivity contribution < 1.29 is 28.6 Å². The van der Waals surface area contributed by atoms with Crippen LogP contribution in [0.2, 0.25) is 0 Å². The van der Waals surface area contributed by atoms with Gasteiger partial charge in [0.1, 0.15) is 0 Å². The Labute approximate surface area is 124 Å². The Morgan fingerprint density at radius 1 is 0.857 bits per heavy atom. The molecule has 1 rings (SSSR count). The van der Waals surface area contributed by atoms with Gasteiger partial charge in [-0.2, -0.15) is 0 Å². The van der Waals surface area contributed by atoms with Gasteiger partial charge < -0.3 is 19.1 Å². The van der Waals surface area contributed by atoms with E-state index in [2.05, 4.69) is 0 Å². The fourth-order valence-corrected chi connectivity index (χ4v) is 2.32. The van der Waals surface area contributed by atoms with Gasteiger partial charge in [0, 0.05) is 13.1 Å². The monoisotopic (exact) mass is 301 g/mol. The number of ether oxygens (including phenoxy) is 3. The average molecular weight is 301 g/mol. The molecule has 0 unspecified atom stereocenters. The molecule has 7 heteroatoms. The van der Waals surface area contributed by atoms with Crippen molar-refractivity contribution in [1.29, 1.82) is 0 Å². The van der Waals surface area contributed by atoms with Crippen LogP contribution >= 0.6 is 0 Å². The van der Waals surface area contributed by atoms with Crippen LogP contribution < -0.4 is 0 Å². The molecule has 0 aliphatic carbocycles. The SMILES string of the molecule is CCOC(=O)N1CCC(C(=O)OCC)(C(=O)OCC)CC1. The van der Waals surface area contributed by atoms with Gasteiger partial charge in [0.05, 0.1) is 19.8 Å². The van der Waals surface area contributed by atoms with E-state index in [1.807, 2.05) is 0 Å². The predicted octanol–water partition coefficient (Wildman–Crippen LogP) is 1.35. The first-order chi connectivity index (χ1) is 10.0. The third kappa shape index (κ3) is 3.86. The standard InChI is InChI=1S/C14H23NO6/c1-4-19-11(16)14(12(17)20-5-2)7-9-15(10-8-14)13(18)21-6-3/h4-10H2,1-3H3. The highest BCUT2D eigenvalue weighted by molar-refractivity contribution is 6.00. The second-order valence-electron chi connectivity index (χ2n) is 4.71. The molecule has 1 aliphatic heterocycles. The van der Waals surface area contributed by atoms with Crippen LogP contribution in [0, 0.1) is 5.41 Å². The number of likely N-dealkylation sites (tertiary alicyclic amines) is 1. The van der Waals surface area contributed by atoms with Crippen molar-refractivity contribution in [3.05, 3.63) is 0 Å². The lowest BCUT2D eigenvalue weighted by molar-refractivity contribution is -0.175. The Bertz CT molecular complexity index is 367. The summed E-state index contributed by atoms with van der Waals surface area (Å²) in [6.07, 6.45) is -0.0636. The first kappa shape index (κ1) is 17.3. The first-order valence-corrected chi connectivity index (χ1v) is 7.28. The van der Waals surface area contributed by atoms with Crippen LogP contribution in [0.25, 0.3) is 0 Å². The zero-order valence-corrected chi connectivity index (χ0v) is 12.8. The van der Waals surface area contributed by atoms with Crippen LogP contribution in [0.1, 0.15) is 33.6 Å². The van der Waals surface area contributed by atoms with Gasteiger partial charge in [-0.3, -0.25) is 9.59 Å². The lowest BCUT2D eigenvalue weighted by atomic mass is 9.78. The Hall–Kier alpha value is -1.79. The Morgan fingerprint density at radius 2 is 1.29 bits per heavy atom. The molecule has 1 aliphatic rings. The summed E-state index contributed by atoms with van der Waals surface area (Å²) in [7, 11) is 0. The number of carbonyl (C=O) groups excluding carboxylic acids is 3. The van der Waals surface area contributed by atoms with Crippen molar-refractivity contribution in [3.8, 4) is 0 Å². The van der Waals surface area contributed by atoms with E-state index in [9.17, 15) is 14.4 Å². The van der Waals surface area contributed by atoms with Gasteiger partial charge in [-0.25, -0.2) is 4.79 Å². The third-order valence-corrected chi connectivity index (χ3v) is 3.48. The van der Waals surface area contributed by atoms with Crippen molar-refractivity contribution in [2.75, 3.05) is 32.9 Å². The fraction of sp³-hybridized carbons (Fsp3) is 0.786. The summed E-state index contributed by atoms with van der Waals surface area (Å²) in [5.74, 6) is -1.15. The summed E-state index contributed by atoms with van der Waals surface area (Å²) in [6, 6.07) is 0. The van der Waals surface area contributed by atoms with Crippen LogP contribution in [0.3, 0.4) is 0 Å². The molecular formula is C14H23NO6. The van der Waals surface area contributed by atoms with Gasteiger partial charge in [0.25, 0.3) is 0 Å². The molecule has 1 heterocycles. The van der Waals surface area contributed by atoms with Gasteiger partial charge in [-0.05, 0) is 33.6 Å². The Balaban J connectivity index is 2.81. The van der Waals surface area contributed by atoms with Crippen LogP contribution in [0.4, 0.5) is 4.79 Å². The van der Waals surface area contributed by atoms with Crippen LogP contribution in [0.15, 0.2) is 0 Å². The van der Waals surface area contributed by atoms with Gasteiger partial charge in [-0.1, -0.05) is 0 Å². The molecule has 0 atom stereocenters. The van der Waals surface area contributed by atoms with E-state index in [1.165, 1.54) is 4.90 Å². The maximum atomic E-state index is 12.2. The highest BCUT2D eigenvalue weighted by Gasteiger charge is 2.51. The van der Waals surface area contributed by atoms with Crippen molar-refractivity contribution in [1.82, 2.24) is 4.90 Å². The molecule has 120 valence electrons. The molecule has 21 heavy (non-hydrogen) atoms. The molecule has 0 aromatic heterocycles. The molecule has 0 aromatic carbocycles. The van der Waals surface area contributed by atoms with Gasteiger partial charge >= 0.3 is 18.0 Å². The highest BCUT2D eigenvalue weighted by atomic mass is 16.6. The predicted molar refractivity (Wildman–Crippen MR) is 73.5 cm³/mol. The summed E-state index contributed by atoms with van der Waals surface area (Å²) in [5, 5.41) is 0. The molecule has 1 saturated heterocycles. The summed E-state index contributed by atoms with van der Waals surface area (Å²) in [5.41, 5.74) is -1.31. The van der Waals surface area contributed by atoms with E-state index in [0.29, 0.717) is 0 Å². The van der Waals surface area contributed by atoms with Crippen molar-refractivity contribution >= 4 is 18.0 Å². The number of esters is 2. The van der Waals surface area contributed by atoms with Gasteiger partial charge in [0.2, 0.25) is 0 Å². The zero-order chi connectivity index (χ0) is 15.9. The summed E-state index contributed by atoms with van der Waals surface area (Å²) in [4.78, 5) is 37.5. The second kappa shape index (κ2) is 7.85. The minimum Gasteiger partial charge on any atom is -0.465 e. The van der Waals surface area contributed by atoms with Crippen LogP contribution in [-0.2, 0) is 23.8 Å². The number of piperidine rings is 1. The quantitative estimate of drug-likeness (QED) is 0.433. The molecule has 1 amide bonds. The van der Waals surface area contributed by atoms with Crippen LogP contribution in [0.5, 0.6) is 0 Å². The second-order valence-corrected chi connectivity index (χ2v) is 4.71. The highest BCUT2D eigenvalue weighted by Crippen LogP contribution is 2.34. The van der Waals surface area contributed by atoms with E-state index in [-0.39, 0.29) is 45.8 Å². The lowest BCUT2D eigenvalue weighted by Crippen LogP contribution is -2.51. The molecule has 0 saturated carbocycles. The van der Waals surface area contributed by atoms with E-state index >= 15 is 0 Å². The third-order valence-electron chi connectivity index (χ3n) is 3.48. The topological polar surface area (TPSA) is 82.1 Å². The van der Waals surface area contributed by atoms with Gasteiger partial charge in [-0.15, -0.1) is 0 Å². The number of amides is 1. The van der Waals surface area contributed by atoms with E-state index < -0.39 is 23.4 Å². The largest absolute Gasteiger partial charge is 0.465 e. The summed E-state index contributed by atoms with van der Waals surface area (Å²) in [6.45, 7) is 6.30. The molecular weight excluding hydrogens is 278 g/mol. The zero-order valence-electron chi connectivity index (χ0n) is 12.8. The van der Waals surface area contributed by atoms with Crippen molar-refractivity contribution in [3.63, 3.8) is 0 Å². The lowest BCUT2D eigenvalue weighted by Gasteiger charge is -2.37. The fourth-order valence-electron chi connectivity index (χ4n) is 2.32. The van der Waals surface area contributed by atoms with Crippen molar-refractivity contribution in [2.24, 2.45) is 5.41 Å². The van der Waals surface area contributed by atoms with Crippen molar-refractivity contribution in [2.45, 2.75) is 33.6 Å². The summed E-state index contributed by atoms with van der Waals surface area (Å²) < 4.78 is 15.0. The smallest absolute Gasteiger partial charge is 0.409 e. The van der Waals surface area contributed by atoms with Gasteiger partial charge in [0.15, 0.2) is 5.41 Å². The number of rotatable bonds is 5. The molecule has 0 bridgehead atoms. The summed E-state index contributed by atoms with van der Waals surface area (Å²) >= 11 is 0. The maximum Gasteiger partial charge on any atom is 0.409 e. The Kier molecular flexibility index (Phi) is 6.45. The van der Waals surface area contributed by atoms with E-state index in [4.69, 9.17) is 14.2 Å². The minimum absolute atomic E-state index is 0.184. The molecule has 0 aromatic rings. The van der Waals surface area contributed by atoms with E-state index in [1.54, 1.807) is 20.8 Å². The first-order valence-electron chi connectivity index (χ1n) is 7.28. The molecule has 0 spiro atoms. The number of hydrogen-bond donors (Lipinski definition) is 0. The number of carbonyl (C=O) groups is 3. The minimum atomic E-state index is -1.31. The average Bonchev–Trinajstić information content (AvgIpc) is 2.48. The molecule has 0 radical (unpaired) electrons. The molecule has 7 nitrogen and oxygen atoms in total. The molecule has 1 fully saturated rings. The number of hydrogen-bond acceptors (Lipinski definition) is 6. The van der Waals surface area contributed by atoms with E-state index in [0.717, 1.165) is 0 Å².